The third-order valence-electron chi connectivity index (χ3n) is 2.85. The van der Waals surface area contributed by atoms with Gasteiger partial charge >= 0.3 is 6.18 Å². The van der Waals surface area contributed by atoms with Gasteiger partial charge in [0.15, 0.2) is 11.5 Å². The maximum atomic E-state index is 12.7. The molecule has 0 aliphatic rings. The van der Waals surface area contributed by atoms with E-state index in [2.05, 4.69) is 15.2 Å². The van der Waals surface area contributed by atoms with Crippen LogP contribution < -0.4 is 10.6 Å². The zero-order valence-corrected chi connectivity index (χ0v) is 11.0. The number of nitrogens with two attached hydrogens (primary N) is 1. The monoisotopic (exact) mass is 302 g/mol. The summed E-state index contributed by atoms with van der Waals surface area (Å²) < 4.78 is 39.2. The van der Waals surface area contributed by atoms with E-state index in [1.54, 1.807) is 11.9 Å². The molecule has 0 aliphatic heterocycles. The van der Waals surface area contributed by atoms with Crippen molar-refractivity contribution in [3.05, 3.63) is 24.2 Å². The fraction of sp³-hybridized carbons (Fsp3) is 0.364. The van der Waals surface area contributed by atoms with Gasteiger partial charge in [-0.3, -0.25) is 0 Å². The number of anilines is 1. The molecule has 2 rings (SSSR count). The van der Waals surface area contributed by atoms with Crippen LogP contribution in [0.4, 0.5) is 19.0 Å². The van der Waals surface area contributed by atoms with Crippen molar-refractivity contribution in [3.8, 4) is 0 Å². The van der Waals surface area contributed by atoms with Gasteiger partial charge in [-0.25, -0.2) is 9.50 Å². The molecule has 10 heteroatoms. The number of nitrogens with zero attached hydrogens (tertiary/aromatic N) is 5. The first-order valence-electron chi connectivity index (χ1n) is 5.92. The van der Waals surface area contributed by atoms with E-state index in [1.807, 2.05) is 0 Å². The standard InChI is InChI=1S/C11H13F3N6O/c1-19(4-2-9(15)18-21)10-7-6-8(11(12,13)14)17-20(7)5-3-16-10/h3,5-6,21H,2,4H2,1H3,(H2,15,18). The van der Waals surface area contributed by atoms with Crippen molar-refractivity contribution in [2.75, 3.05) is 18.5 Å². The van der Waals surface area contributed by atoms with E-state index in [0.717, 1.165) is 10.6 Å². The smallest absolute Gasteiger partial charge is 0.409 e. The summed E-state index contributed by atoms with van der Waals surface area (Å²) in [5.41, 5.74) is 4.60. The lowest BCUT2D eigenvalue weighted by Gasteiger charge is -2.18. The van der Waals surface area contributed by atoms with Crippen molar-refractivity contribution in [1.82, 2.24) is 14.6 Å². The molecule has 0 unspecified atom stereocenters. The van der Waals surface area contributed by atoms with Gasteiger partial charge in [0.25, 0.3) is 0 Å². The van der Waals surface area contributed by atoms with Crippen LogP contribution in [0.3, 0.4) is 0 Å². The first-order valence-corrected chi connectivity index (χ1v) is 5.92. The second-order valence-electron chi connectivity index (χ2n) is 4.37. The van der Waals surface area contributed by atoms with Crippen LogP contribution in [-0.2, 0) is 6.18 Å². The largest absolute Gasteiger partial charge is 0.435 e. The van der Waals surface area contributed by atoms with Crippen LogP contribution in [0.2, 0.25) is 0 Å². The number of alkyl halides is 3. The molecule has 0 bridgehead atoms. The Morgan fingerprint density at radius 2 is 2.24 bits per heavy atom. The molecular formula is C11H13F3N6O. The van der Waals surface area contributed by atoms with Gasteiger partial charge in [-0.15, -0.1) is 0 Å². The molecule has 2 aromatic heterocycles. The predicted molar refractivity (Wildman–Crippen MR) is 69.3 cm³/mol. The lowest BCUT2D eigenvalue weighted by Crippen LogP contribution is -2.25. The molecule has 0 aromatic carbocycles. The average Bonchev–Trinajstić information content (AvgIpc) is 2.88. The first-order chi connectivity index (χ1) is 9.82. The molecule has 3 N–H and O–H groups in total. The van der Waals surface area contributed by atoms with Crippen LogP contribution in [0.1, 0.15) is 12.1 Å². The topological polar surface area (TPSA) is 92.0 Å². The maximum Gasteiger partial charge on any atom is 0.435 e. The number of oxime groups is 1. The Morgan fingerprint density at radius 3 is 2.86 bits per heavy atom. The van der Waals surface area contributed by atoms with Crippen LogP contribution in [-0.4, -0.2) is 39.2 Å². The van der Waals surface area contributed by atoms with Crippen molar-refractivity contribution in [1.29, 1.82) is 0 Å². The number of aromatic nitrogens is 3. The van der Waals surface area contributed by atoms with E-state index < -0.39 is 11.9 Å². The molecule has 0 radical (unpaired) electrons. The van der Waals surface area contributed by atoms with Gasteiger partial charge in [-0.2, -0.15) is 18.3 Å². The van der Waals surface area contributed by atoms with E-state index in [1.165, 1.54) is 12.4 Å². The van der Waals surface area contributed by atoms with Gasteiger partial charge in [-0.1, -0.05) is 5.16 Å². The summed E-state index contributed by atoms with van der Waals surface area (Å²) in [5.74, 6) is 0.351. The van der Waals surface area contributed by atoms with Gasteiger partial charge in [-0.05, 0) is 0 Å². The van der Waals surface area contributed by atoms with E-state index in [0.29, 0.717) is 12.4 Å². The average molecular weight is 302 g/mol. The minimum absolute atomic E-state index is 0.0262. The molecule has 2 heterocycles. The highest BCUT2D eigenvalue weighted by Crippen LogP contribution is 2.30. The molecule has 0 fully saturated rings. The van der Waals surface area contributed by atoms with Gasteiger partial charge in [0.2, 0.25) is 0 Å². The van der Waals surface area contributed by atoms with Gasteiger partial charge < -0.3 is 15.8 Å². The highest BCUT2D eigenvalue weighted by molar-refractivity contribution is 5.80. The number of fused-ring (bicyclic) bond motifs is 1. The van der Waals surface area contributed by atoms with Crippen LogP contribution in [0.25, 0.3) is 5.52 Å². The van der Waals surface area contributed by atoms with E-state index >= 15 is 0 Å². The summed E-state index contributed by atoms with van der Waals surface area (Å²) in [6.45, 7) is 0.328. The molecule has 21 heavy (non-hydrogen) atoms. The molecule has 0 saturated carbocycles. The SMILES string of the molecule is CN(CC/C(N)=N/O)c1nccn2nc(C(F)(F)F)cc12. The minimum atomic E-state index is -4.52. The third-order valence-corrected chi connectivity index (χ3v) is 2.85. The second-order valence-corrected chi connectivity index (χ2v) is 4.37. The summed E-state index contributed by atoms with van der Waals surface area (Å²) in [6.07, 6.45) is -1.58. The molecule has 0 saturated heterocycles. The van der Waals surface area contributed by atoms with Crippen LogP contribution >= 0.6 is 0 Å². The maximum absolute atomic E-state index is 12.7. The summed E-state index contributed by atoms with van der Waals surface area (Å²) >= 11 is 0. The Morgan fingerprint density at radius 1 is 1.52 bits per heavy atom. The second kappa shape index (κ2) is 5.46. The summed E-state index contributed by atoms with van der Waals surface area (Å²) in [7, 11) is 1.65. The number of hydrogen-bond acceptors (Lipinski definition) is 5. The predicted octanol–water partition coefficient (Wildman–Crippen LogP) is 1.32. The quantitative estimate of drug-likeness (QED) is 0.384. The number of halogens is 3. The molecule has 114 valence electrons. The summed E-state index contributed by atoms with van der Waals surface area (Å²) in [6, 6.07) is 0.933. The lowest BCUT2D eigenvalue weighted by molar-refractivity contribution is -0.141. The number of hydrogen-bond donors (Lipinski definition) is 2. The Hall–Kier alpha value is -2.52. The van der Waals surface area contributed by atoms with Crippen molar-refractivity contribution in [2.45, 2.75) is 12.6 Å². The zero-order valence-electron chi connectivity index (χ0n) is 11.0. The van der Waals surface area contributed by atoms with E-state index in [4.69, 9.17) is 10.9 Å². The molecule has 0 amide bonds. The van der Waals surface area contributed by atoms with Gasteiger partial charge in [0.1, 0.15) is 11.4 Å². The van der Waals surface area contributed by atoms with Crippen LogP contribution in [0.5, 0.6) is 0 Å². The molecule has 0 spiro atoms. The van der Waals surface area contributed by atoms with E-state index in [9.17, 15) is 13.2 Å². The van der Waals surface area contributed by atoms with Crippen molar-refractivity contribution >= 4 is 17.2 Å². The van der Waals surface area contributed by atoms with Crippen molar-refractivity contribution < 1.29 is 18.4 Å². The fourth-order valence-electron chi connectivity index (χ4n) is 1.78. The number of rotatable bonds is 4. The van der Waals surface area contributed by atoms with Crippen molar-refractivity contribution in [2.24, 2.45) is 10.9 Å². The molecule has 7 nitrogen and oxygen atoms in total. The van der Waals surface area contributed by atoms with E-state index in [-0.39, 0.29) is 17.8 Å². The Bertz CT molecular complexity index is 666. The minimum Gasteiger partial charge on any atom is -0.409 e. The third kappa shape index (κ3) is 3.15. The van der Waals surface area contributed by atoms with Crippen LogP contribution in [0, 0.1) is 0 Å². The Labute approximate surface area is 117 Å². The highest BCUT2D eigenvalue weighted by atomic mass is 19.4. The molecular weight excluding hydrogens is 289 g/mol. The Balaban J connectivity index is 2.33. The zero-order chi connectivity index (χ0) is 15.6. The fourth-order valence-corrected chi connectivity index (χ4v) is 1.78. The first kappa shape index (κ1) is 14.9. The highest BCUT2D eigenvalue weighted by Gasteiger charge is 2.34. The van der Waals surface area contributed by atoms with Crippen LogP contribution in [0.15, 0.2) is 23.6 Å². The Kier molecular flexibility index (Phi) is 3.87. The van der Waals surface area contributed by atoms with Gasteiger partial charge in [0, 0.05) is 38.5 Å². The summed E-state index contributed by atoms with van der Waals surface area (Å²) in [5, 5.41) is 14.8. The molecule has 2 aromatic rings. The number of amidine groups is 1. The van der Waals surface area contributed by atoms with Gasteiger partial charge in [0.05, 0.1) is 0 Å². The molecule has 0 atom stereocenters. The summed E-state index contributed by atoms with van der Waals surface area (Å²) in [4.78, 5) is 5.67. The molecule has 0 aliphatic carbocycles. The normalized spacial score (nSPS) is 12.9. The lowest BCUT2D eigenvalue weighted by atomic mass is 10.3. The van der Waals surface area contributed by atoms with Crippen molar-refractivity contribution in [3.63, 3.8) is 0 Å².